The van der Waals surface area contributed by atoms with E-state index in [2.05, 4.69) is 47.6 Å². The summed E-state index contributed by atoms with van der Waals surface area (Å²) in [4.78, 5) is 11.4. The number of Topliss-reactive ketones (excluding diaryl/α,β-unsaturated/α-hetero) is 1. The Morgan fingerprint density at radius 2 is 1.70 bits per heavy atom. The monoisotopic (exact) mass is 277 g/mol. The molecule has 0 saturated heterocycles. The smallest absolute Gasteiger partial charge is 0.183 e. The van der Waals surface area contributed by atoms with Gasteiger partial charge in [-0.25, -0.2) is 0 Å². The Morgan fingerprint density at radius 3 is 2.15 bits per heavy atom. The summed E-state index contributed by atoms with van der Waals surface area (Å²) in [6, 6.07) is 6.05. The molecular weight excluding hydrogens is 250 g/mol. The molecule has 0 heterocycles. The normalized spacial score (nSPS) is 12.3. The van der Waals surface area contributed by atoms with Crippen molar-refractivity contribution in [3.05, 3.63) is 29.3 Å². The van der Waals surface area contributed by atoms with Crippen LogP contribution in [0.2, 0.25) is 0 Å². The number of rotatable bonds is 4. The summed E-state index contributed by atoms with van der Waals surface area (Å²) in [5.41, 5.74) is 7.72. The van der Waals surface area contributed by atoms with Crippen LogP contribution in [0.5, 0.6) is 5.75 Å². The summed E-state index contributed by atoms with van der Waals surface area (Å²) in [5, 5.41) is 0. The van der Waals surface area contributed by atoms with Gasteiger partial charge >= 0.3 is 0 Å². The Labute approximate surface area is 122 Å². The largest absolute Gasteiger partial charge is 0.485 e. The highest BCUT2D eigenvalue weighted by atomic mass is 16.5. The third-order valence-corrected chi connectivity index (χ3v) is 3.20. The van der Waals surface area contributed by atoms with E-state index in [-0.39, 0.29) is 29.8 Å². The van der Waals surface area contributed by atoms with Gasteiger partial charge in [-0.2, -0.15) is 0 Å². The maximum Gasteiger partial charge on any atom is 0.183 e. The van der Waals surface area contributed by atoms with Crippen molar-refractivity contribution in [2.45, 2.75) is 52.4 Å². The van der Waals surface area contributed by atoms with Gasteiger partial charge in [0.1, 0.15) is 12.4 Å². The van der Waals surface area contributed by atoms with E-state index >= 15 is 0 Å². The van der Waals surface area contributed by atoms with Crippen molar-refractivity contribution in [1.29, 1.82) is 0 Å². The molecule has 0 amide bonds. The van der Waals surface area contributed by atoms with Gasteiger partial charge in [0.25, 0.3) is 0 Å². The lowest BCUT2D eigenvalue weighted by Crippen LogP contribution is -2.25. The van der Waals surface area contributed by atoms with Crippen molar-refractivity contribution in [1.82, 2.24) is 0 Å². The predicted molar refractivity (Wildman–Crippen MR) is 83.4 cm³/mol. The van der Waals surface area contributed by atoms with Gasteiger partial charge < -0.3 is 10.5 Å². The fourth-order valence-corrected chi connectivity index (χ4v) is 2.27. The van der Waals surface area contributed by atoms with E-state index in [1.165, 1.54) is 5.56 Å². The molecule has 0 saturated carbocycles. The fraction of sp³-hybridized carbons (Fsp3) is 0.588. The van der Waals surface area contributed by atoms with Crippen LogP contribution in [0, 0.1) is 0 Å². The van der Waals surface area contributed by atoms with Crippen molar-refractivity contribution in [3.63, 3.8) is 0 Å². The summed E-state index contributed by atoms with van der Waals surface area (Å²) < 4.78 is 5.72. The number of carbonyl (C=O) groups excluding carboxylic acids is 1. The molecule has 0 aromatic heterocycles. The first-order chi connectivity index (χ1) is 9.07. The highest BCUT2D eigenvalue weighted by Crippen LogP contribution is 2.39. The minimum absolute atomic E-state index is 0.0177. The van der Waals surface area contributed by atoms with Crippen molar-refractivity contribution in [2.75, 3.05) is 13.2 Å². The molecule has 2 N–H and O–H groups in total. The van der Waals surface area contributed by atoms with Crippen LogP contribution in [0.4, 0.5) is 0 Å². The number of benzene rings is 1. The SMILES string of the molecule is CC(C)(C)c1cccc(OCC(=O)CN)c1C(C)(C)C. The van der Waals surface area contributed by atoms with Crippen molar-refractivity contribution >= 4 is 5.78 Å². The van der Waals surface area contributed by atoms with Crippen LogP contribution in [0.25, 0.3) is 0 Å². The topological polar surface area (TPSA) is 52.3 Å². The van der Waals surface area contributed by atoms with Crippen LogP contribution >= 0.6 is 0 Å². The summed E-state index contributed by atoms with van der Waals surface area (Å²) in [7, 11) is 0. The third-order valence-electron chi connectivity index (χ3n) is 3.20. The molecular formula is C17H27NO2. The van der Waals surface area contributed by atoms with Crippen molar-refractivity contribution in [2.24, 2.45) is 5.73 Å². The molecule has 0 aliphatic rings. The highest BCUT2D eigenvalue weighted by molar-refractivity contribution is 5.81. The second kappa shape index (κ2) is 5.96. The lowest BCUT2D eigenvalue weighted by molar-refractivity contribution is -0.119. The zero-order chi connectivity index (χ0) is 15.6. The number of ether oxygens (including phenoxy) is 1. The molecule has 0 atom stereocenters. The number of hydrogen-bond donors (Lipinski definition) is 1. The minimum atomic E-state index is -0.0916. The van der Waals surface area contributed by atoms with Gasteiger partial charge in [-0.05, 0) is 22.5 Å². The van der Waals surface area contributed by atoms with Crippen LogP contribution in [-0.2, 0) is 15.6 Å². The van der Waals surface area contributed by atoms with Crippen LogP contribution in [-0.4, -0.2) is 18.9 Å². The number of ketones is 1. The molecule has 3 nitrogen and oxygen atoms in total. The summed E-state index contributed by atoms with van der Waals surface area (Å²) in [5.74, 6) is 0.692. The molecule has 0 bridgehead atoms. The molecule has 0 unspecified atom stereocenters. The average Bonchev–Trinajstić information content (AvgIpc) is 2.33. The molecule has 0 aliphatic heterocycles. The van der Waals surface area contributed by atoms with Crippen LogP contribution in [0.3, 0.4) is 0 Å². The molecule has 20 heavy (non-hydrogen) atoms. The maximum atomic E-state index is 11.4. The Kier molecular flexibility index (Phi) is 4.98. The Hall–Kier alpha value is -1.35. The van der Waals surface area contributed by atoms with Crippen molar-refractivity contribution < 1.29 is 9.53 Å². The van der Waals surface area contributed by atoms with Crippen molar-refractivity contribution in [3.8, 4) is 5.75 Å². The van der Waals surface area contributed by atoms with E-state index in [9.17, 15) is 4.79 Å². The molecule has 3 heteroatoms. The fourth-order valence-electron chi connectivity index (χ4n) is 2.27. The number of hydrogen-bond acceptors (Lipinski definition) is 3. The molecule has 1 rings (SSSR count). The first-order valence-electron chi connectivity index (χ1n) is 7.06. The van der Waals surface area contributed by atoms with E-state index in [1.807, 2.05) is 12.1 Å². The molecule has 1 aromatic carbocycles. The van der Waals surface area contributed by atoms with E-state index < -0.39 is 0 Å². The minimum Gasteiger partial charge on any atom is -0.485 e. The zero-order valence-electron chi connectivity index (χ0n) is 13.5. The van der Waals surface area contributed by atoms with Gasteiger partial charge in [0.15, 0.2) is 5.78 Å². The average molecular weight is 277 g/mol. The van der Waals surface area contributed by atoms with Gasteiger partial charge in [-0.15, -0.1) is 0 Å². The predicted octanol–water partition coefficient (Wildman–Crippen LogP) is 3.19. The lowest BCUT2D eigenvalue weighted by atomic mass is 9.75. The van der Waals surface area contributed by atoms with Gasteiger partial charge in [-0.3, -0.25) is 4.79 Å². The summed E-state index contributed by atoms with van der Waals surface area (Å²) in [6.45, 7) is 13.1. The standard InChI is InChI=1S/C17H27NO2/c1-16(2,3)13-8-7-9-14(15(13)17(4,5)6)20-11-12(19)10-18/h7-9H,10-11,18H2,1-6H3. The Balaban J connectivity index is 3.27. The Bertz CT molecular complexity index is 479. The van der Waals surface area contributed by atoms with Gasteiger partial charge in [0, 0.05) is 5.56 Å². The van der Waals surface area contributed by atoms with Crippen LogP contribution in [0.15, 0.2) is 18.2 Å². The second-order valence-corrected chi connectivity index (χ2v) is 7.21. The van der Waals surface area contributed by atoms with E-state index in [1.54, 1.807) is 0 Å². The summed E-state index contributed by atoms with van der Waals surface area (Å²) >= 11 is 0. The number of nitrogens with two attached hydrogens (primary N) is 1. The molecule has 0 aliphatic carbocycles. The summed E-state index contributed by atoms with van der Waals surface area (Å²) in [6.07, 6.45) is 0. The first kappa shape index (κ1) is 16.7. The van der Waals surface area contributed by atoms with Gasteiger partial charge in [-0.1, -0.05) is 53.7 Å². The quantitative estimate of drug-likeness (QED) is 0.919. The molecule has 112 valence electrons. The number of carbonyl (C=O) groups is 1. The maximum absolute atomic E-state index is 11.4. The molecule has 0 radical (unpaired) electrons. The van der Waals surface area contributed by atoms with E-state index in [0.29, 0.717) is 0 Å². The van der Waals surface area contributed by atoms with Gasteiger partial charge in [0.05, 0.1) is 6.54 Å². The van der Waals surface area contributed by atoms with Crippen LogP contribution < -0.4 is 10.5 Å². The molecule has 1 aromatic rings. The molecule has 0 fully saturated rings. The molecule has 0 spiro atoms. The van der Waals surface area contributed by atoms with Crippen LogP contribution in [0.1, 0.15) is 52.7 Å². The van der Waals surface area contributed by atoms with E-state index in [0.717, 1.165) is 11.3 Å². The third kappa shape index (κ3) is 4.07. The zero-order valence-corrected chi connectivity index (χ0v) is 13.5. The lowest BCUT2D eigenvalue weighted by Gasteiger charge is -2.31. The Morgan fingerprint density at radius 1 is 1.10 bits per heavy atom. The first-order valence-corrected chi connectivity index (χ1v) is 7.06. The second-order valence-electron chi connectivity index (χ2n) is 7.21. The van der Waals surface area contributed by atoms with E-state index in [4.69, 9.17) is 10.5 Å². The van der Waals surface area contributed by atoms with Gasteiger partial charge in [0.2, 0.25) is 0 Å². The highest BCUT2D eigenvalue weighted by Gasteiger charge is 2.28.